The van der Waals surface area contributed by atoms with Gasteiger partial charge in [-0.15, -0.1) is 0 Å². The van der Waals surface area contributed by atoms with Crippen molar-refractivity contribution in [3.63, 3.8) is 0 Å². The zero-order chi connectivity index (χ0) is 19.7. The molecular weight excluding hydrogens is 355 g/mol. The maximum Gasteiger partial charge on any atom is 0.255 e. The van der Waals surface area contributed by atoms with E-state index in [1.165, 1.54) is 12.1 Å². The van der Waals surface area contributed by atoms with Crippen molar-refractivity contribution in [3.05, 3.63) is 89.6 Å². The van der Waals surface area contributed by atoms with Crippen molar-refractivity contribution in [1.82, 2.24) is 19.9 Å². The lowest BCUT2D eigenvalue weighted by Crippen LogP contribution is -2.28. The normalized spacial score (nSPS) is 12.1. The number of nitrogens with zero attached hydrogens (tertiary/aromatic N) is 3. The predicted molar refractivity (Wildman–Crippen MR) is 105 cm³/mol. The Balaban J connectivity index is 1.65. The average molecular weight is 374 g/mol. The van der Waals surface area contributed by atoms with Crippen LogP contribution in [-0.2, 0) is 0 Å². The number of amides is 1. The first-order valence-corrected chi connectivity index (χ1v) is 8.99. The number of rotatable bonds is 4. The Kier molecular flexibility index (Phi) is 4.61. The van der Waals surface area contributed by atoms with E-state index in [0.29, 0.717) is 16.9 Å². The topological polar surface area (TPSA) is 59.3 Å². The molecule has 0 fully saturated rings. The number of fused-ring (bicyclic) bond motifs is 1. The van der Waals surface area contributed by atoms with Gasteiger partial charge in [-0.05, 0) is 37.1 Å². The summed E-state index contributed by atoms with van der Waals surface area (Å²) in [5.74, 6) is -0.502. The van der Waals surface area contributed by atoms with Gasteiger partial charge in [0.15, 0.2) is 5.65 Å². The van der Waals surface area contributed by atoms with E-state index in [-0.39, 0.29) is 17.8 Å². The van der Waals surface area contributed by atoms with Crippen molar-refractivity contribution in [1.29, 1.82) is 0 Å². The second kappa shape index (κ2) is 7.23. The summed E-state index contributed by atoms with van der Waals surface area (Å²) in [7, 11) is 0. The Morgan fingerprint density at radius 2 is 1.79 bits per heavy atom. The van der Waals surface area contributed by atoms with E-state index in [1.807, 2.05) is 44.2 Å². The van der Waals surface area contributed by atoms with Gasteiger partial charge in [-0.25, -0.2) is 13.9 Å². The highest BCUT2D eigenvalue weighted by atomic mass is 19.1. The summed E-state index contributed by atoms with van der Waals surface area (Å²) in [4.78, 5) is 17.2. The lowest BCUT2D eigenvalue weighted by molar-refractivity contribution is 0.0938. The van der Waals surface area contributed by atoms with Crippen LogP contribution in [0.15, 0.2) is 67.0 Å². The number of nitrogens with one attached hydrogen (secondary N) is 1. The zero-order valence-corrected chi connectivity index (χ0v) is 15.6. The van der Waals surface area contributed by atoms with Gasteiger partial charge >= 0.3 is 0 Å². The number of aromatic nitrogens is 3. The summed E-state index contributed by atoms with van der Waals surface area (Å²) in [5.41, 5.74) is 4.41. The first kappa shape index (κ1) is 17.9. The Morgan fingerprint density at radius 3 is 2.50 bits per heavy atom. The summed E-state index contributed by atoms with van der Waals surface area (Å²) >= 11 is 0. The first-order valence-electron chi connectivity index (χ1n) is 8.99. The van der Waals surface area contributed by atoms with Gasteiger partial charge in [0.1, 0.15) is 5.82 Å². The highest BCUT2D eigenvalue weighted by Crippen LogP contribution is 2.25. The molecule has 28 heavy (non-hydrogen) atoms. The van der Waals surface area contributed by atoms with E-state index in [1.54, 1.807) is 29.0 Å². The number of carbonyl (C=O) groups excluding carboxylic acids is 1. The van der Waals surface area contributed by atoms with Crippen LogP contribution in [0, 0.1) is 12.7 Å². The van der Waals surface area contributed by atoms with Crippen molar-refractivity contribution in [2.75, 3.05) is 0 Å². The highest BCUT2D eigenvalue weighted by molar-refractivity contribution is 5.95. The third kappa shape index (κ3) is 3.24. The molecule has 0 saturated heterocycles. The van der Waals surface area contributed by atoms with E-state index in [0.717, 1.165) is 16.7 Å². The quantitative estimate of drug-likeness (QED) is 0.578. The lowest BCUT2D eigenvalue weighted by atomic mass is 10.1. The van der Waals surface area contributed by atoms with Crippen LogP contribution in [0.2, 0.25) is 0 Å². The van der Waals surface area contributed by atoms with Crippen LogP contribution >= 0.6 is 0 Å². The molecule has 0 aliphatic rings. The van der Waals surface area contributed by atoms with Crippen LogP contribution in [-0.4, -0.2) is 20.5 Å². The summed E-state index contributed by atoms with van der Waals surface area (Å²) < 4.78 is 14.8. The molecule has 0 spiro atoms. The molecule has 1 N–H and O–H groups in total. The minimum Gasteiger partial charge on any atom is -0.345 e. The molecule has 6 heteroatoms. The molecule has 2 heterocycles. The molecule has 2 aromatic carbocycles. The summed E-state index contributed by atoms with van der Waals surface area (Å²) in [5, 5.41) is 7.38. The molecule has 0 bridgehead atoms. The van der Waals surface area contributed by atoms with Gasteiger partial charge < -0.3 is 5.32 Å². The fraction of sp³-hybridized carbons (Fsp3) is 0.136. The number of halogens is 1. The Labute approximate surface area is 161 Å². The SMILES string of the molecule is Cc1c(C(=O)NC(C)c2ccccc2)cnc2c(-c3ccc(F)cc3)cnn12. The second-order valence-electron chi connectivity index (χ2n) is 6.66. The molecule has 1 atom stereocenters. The number of aryl methyl sites for hydroxylation is 1. The van der Waals surface area contributed by atoms with Gasteiger partial charge in [0.05, 0.1) is 23.5 Å². The Bertz CT molecular complexity index is 1140. The van der Waals surface area contributed by atoms with Crippen molar-refractivity contribution < 1.29 is 9.18 Å². The first-order chi connectivity index (χ1) is 13.5. The van der Waals surface area contributed by atoms with Crippen LogP contribution in [0.3, 0.4) is 0 Å². The molecule has 1 amide bonds. The van der Waals surface area contributed by atoms with Crippen LogP contribution in [0.4, 0.5) is 4.39 Å². The summed E-state index contributed by atoms with van der Waals surface area (Å²) in [6.07, 6.45) is 3.24. The number of benzene rings is 2. The van der Waals surface area contributed by atoms with Gasteiger partial charge in [-0.3, -0.25) is 4.79 Å². The minimum atomic E-state index is -0.296. The summed E-state index contributed by atoms with van der Waals surface area (Å²) in [6.45, 7) is 3.77. The van der Waals surface area contributed by atoms with Gasteiger partial charge in [0.2, 0.25) is 0 Å². The Hall–Kier alpha value is -3.54. The van der Waals surface area contributed by atoms with E-state index < -0.39 is 0 Å². The monoisotopic (exact) mass is 374 g/mol. The van der Waals surface area contributed by atoms with Gasteiger partial charge in [-0.1, -0.05) is 42.5 Å². The standard InChI is InChI=1S/C22H19FN4O/c1-14(16-6-4-3-5-7-16)26-22(28)19-12-24-21-20(13-25-27(21)15(19)2)17-8-10-18(23)11-9-17/h3-14H,1-2H3,(H,26,28). The van der Waals surface area contributed by atoms with Crippen LogP contribution in [0.5, 0.6) is 0 Å². The molecule has 1 unspecified atom stereocenters. The number of hydrogen-bond donors (Lipinski definition) is 1. The molecule has 4 rings (SSSR count). The molecule has 5 nitrogen and oxygen atoms in total. The zero-order valence-electron chi connectivity index (χ0n) is 15.6. The third-order valence-electron chi connectivity index (χ3n) is 4.81. The smallest absolute Gasteiger partial charge is 0.255 e. The molecule has 0 radical (unpaired) electrons. The highest BCUT2D eigenvalue weighted by Gasteiger charge is 2.18. The van der Waals surface area contributed by atoms with Crippen molar-refractivity contribution >= 4 is 11.6 Å². The molecule has 2 aromatic heterocycles. The van der Waals surface area contributed by atoms with Crippen molar-refractivity contribution in [2.45, 2.75) is 19.9 Å². The predicted octanol–water partition coefficient (Wildman–Crippen LogP) is 4.33. The number of hydrogen-bond acceptors (Lipinski definition) is 3. The summed E-state index contributed by atoms with van der Waals surface area (Å²) in [6, 6.07) is 15.8. The fourth-order valence-corrected chi connectivity index (χ4v) is 3.20. The van der Waals surface area contributed by atoms with Gasteiger partial charge in [-0.2, -0.15) is 5.10 Å². The molecule has 0 aliphatic carbocycles. The molecular formula is C22H19FN4O. The third-order valence-corrected chi connectivity index (χ3v) is 4.81. The van der Waals surface area contributed by atoms with Gasteiger partial charge in [0.25, 0.3) is 5.91 Å². The molecule has 140 valence electrons. The van der Waals surface area contributed by atoms with Crippen LogP contribution in [0.1, 0.15) is 34.6 Å². The van der Waals surface area contributed by atoms with Crippen molar-refractivity contribution in [2.24, 2.45) is 0 Å². The largest absolute Gasteiger partial charge is 0.345 e. The molecule has 0 aliphatic heterocycles. The van der Waals surface area contributed by atoms with E-state index in [2.05, 4.69) is 15.4 Å². The molecule has 0 saturated carbocycles. The maximum atomic E-state index is 13.2. The van der Waals surface area contributed by atoms with E-state index >= 15 is 0 Å². The molecule has 4 aromatic rings. The van der Waals surface area contributed by atoms with Crippen molar-refractivity contribution in [3.8, 4) is 11.1 Å². The lowest BCUT2D eigenvalue weighted by Gasteiger charge is -2.15. The van der Waals surface area contributed by atoms with Crippen LogP contribution in [0.25, 0.3) is 16.8 Å². The van der Waals surface area contributed by atoms with Gasteiger partial charge in [0, 0.05) is 11.8 Å². The maximum absolute atomic E-state index is 13.2. The fourth-order valence-electron chi connectivity index (χ4n) is 3.20. The average Bonchev–Trinajstić information content (AvgIpc) is 3.14. The van der Waals surface area contributed by atoms with E-state index in [9.17, 15) is 9.18 Å². The Morgan fingerprint density at radius 1 is 1.07 bits per heavy atom. The second-order valence-corrected chi connectivity index (χ2v) is 6.66. The van der Waals surface area contributed by atoms with E-state index in [4.69, 9.17) is 0 Å². The number of carbonyl (C=O) groups is 1. The van der Waals surface area contributed by atoms with Crippen LogP contribution < -0.4 is 5.32 Å². The minimum absolute atomic E-state index is 0.129.